The zero-order valence-electron chi connectivity index (χ0n) is 15.6. The van der Waals surface area contributed by atoms with Gasteiger partial charge in [0, 0.05) is 38.4 Å². The lowest BCUT2D eigenvalue weighted by molar-refractivity contribution is 0.461. The van der Waals surface area contributed by atoms with Crippen LogP contribution < -0.4 is 15.5 Å². The van der Waals surface area contributed by atoms with Gasteiger partial charge in [-0.15, -0.1) is 24.0 Å². The maximum Gasteiger partial charge on any atom is 0.191 e. The van der Waals surface area contributed by atoms with Crippen molar-refractivity contribution < 1.29 is 0 Å². The molecule has 1 aliphatic rings. The van der Waals surface area contributed by atoms with Gasteiger partial charge in [-0.3, -0.25) is 4.99 Å². The van der Waals surface area contributed by atoms with Gasteiger partial charge in [0.2, 0.25) is 0 Å². The summed E-state index contributed by atoms with van der Waals surface area (Å²) < 4.78 is 0. The molecule has 0 spiro atoms. The number of nitrogens with one attached hydrogen (secondary N) is 2. The van der Waals surface area contributed by atoms with Crippen molar-refractivity contribution in [2.24, 2.45) is 4.99 Å². The predicted octanol–water partition coefficient (Wildman–Crippen LogP) is 3.51. The molecule has 0 amide bonds. The fraction of sp³-hybridized carbons (Fsp3) is 0.333. The molecule has 5 nitrogen and oxygen atoms in total. The van der Waals surface area contributed by atoms with Crippen molar-refractivity contribution >= 4 is 35.6 Å². The monoisotopic (exact) mass is 475 g/mol. The topological polar surface area (TPSA) is 63.5 Å². The first-order valence-electron chi connectivity index (χ1n) is 9.04. The van der Waals surface area contributed by atoms with Gasteiger partial charge in [-0.25, -0.2) is 0 Å². The molecule has 2 N–H and O–H groups in total. The van der Waals surface area contributed by atoms with Gasteiger partial charge in [0.25, 0.3) is 0 Å². The van der Waals surface area contributed by atoms with Crippen LogP contribution in [0.3, 0.4) is 0 Å². The second kappa shape index (κ2) is 10.8. The zero-order valence-corrected chi connectivity index (χ0v) is 17.9. The van der Waals surface area contributed by atoms with Crippen molar-refractivity contribution in [3.8, 4) is 6.07 Å². The fourth-order valence-corrected chi connectivity index (χ4v) is 3.19. The molecule has 0 bridgehead atoms. The number of guanidine groups is 1. The van der Waals surface area contributed by atoms with Crippen molar-refractivity contribution in [2.75, 3.05) is 25.0 Å². The summed E-state index contributed by atoms with van der Waals surface area (Å²) in [4.78, 5) is 6.77. The average Bonchev–Trinajstić information content (AvgIpc) is 2.72. The highest BCUT2D eigenvalue weighted by Gasteiger charge is 2.20. The second-order valence-corrected chi connectivity index (χ2v) is 6.48. The van der Waals surface area contributed by atoms with Gasteiger partial charge in [-0.05, 0) is 42.7 Å². The minimum atomic E-state index is 0. The maximum atomic E-state index is 8.86. The molecule has 0 aromatic heterocycles. The largest absolute Gasteiger partial charge is 0.371 e. The molecule has 2 aromatic rings. The maximum absolute atomic E-state index is 8.86. The Labute approximate surface area is 178 Å². The Balaban J connectivity index is 0.00000261. The van der Waals surface area contributed by atoms with Crippen LogP contribution in [0.4, 0.5) is 5.69 Å². The number of hydrogen-bond donors (Lipinski definition) is 2. The third-order valence-electron chi connectivity index (χ3n) is 4.72. The lowest BCUT2D eigenvalue weighted by atomic mass is 10.0. The van der Waals surface area contributed by atoms with E-state index in [1.807, 2.05) is 24.3 Å². The highest BCUT2D eigenvalue weighted by molar-refractivity contribution is 14.0. The van der Waals surface area contributed by atoms with Crippen molar-refractivity contribution in [1.82, 2.24) is 10.6 Å². The number of para-hydroxylation sites is 1. The molecular formula is C21H26IN5. The number of hydrogen-bond acceptors (Lipinski definition) is 3. The van der Waals surface area contributed by atoms with E-state index in [-0.39, 0.29) is 24.0 Å². The molecule has 6 heteroatoms. The molecule has 0 atom stereocenters. The molecule has 3 rings (SSSR count). The Hall–Kier alpha value is -2.27. The summed E-state index contributed by atoms with van der Waals surface area (Å²) in [5, 5.41) is 15.7. The standard InChI is InChI=1S/C21H25N5.HI/c1-23-21(24-16-18-9-7-17(15-22)8-10-18)25-19-11-13-26(14-12-19)20-5-3-2-4-6-20;/h2-10,19H,11-14,16H2,1H3,(H2,23,24,25);1H. The van der Waals surface area contributed by atoms with Crippen LogP contribution >= 0.6 is 24.0 Å². The minimum Gasteiger partial charge on any atom is -0.371 e. The smallest absolute Gasteiger partial charge is 0.191 e. The van der Waals surface area contributed by atoms with Crippen molar-refractivity contribution in [2.45, 2.75) is 25.4 Å². The first-order valence-corrected chi connectivity index (χ1v) is 9.04. The second-order valence-electron chi connectivity index (χ2n) is 6.48. The normalized spacial score (nSPS) is 14.8. The van der Waals surface area contributed by atoms with Gasteiger partial charge in [-0.1, -0.05) is 30.3 Å². The van der Waals surface area contributed by atoms with Gasteiger partial charge >= 0.3 is 0 Å². The minimum absolute atomic E-state index is 0. The number of halogens is 1. The summed E-state index contributed by atoms with van der Waals surface area (Å²) in [5.41, 5.74) is 3.11. The molecule has 0 saturated carbocycles. The van der Waals surface area contributed by atoms with Crippen LogP contribution in [0.15, 0.2) is 59.6 Å². The first kappa shape index (κ1) is 21.0. The number of rotatable bonds is 4. The van der Waals surface area contributed by atoms with Gasteiger partial charge in [0.05, 0.1) is 11.6 Å². The third-order valence-corrected chi connectivity index (χ3v) is 4.72. The molecule has 0 radical (unpaired) electrons. The average molecular weight is 475 g/mol. The molecular weight excluding hydrogens is 449 g/mol. The lowest BCUT2D eigenvalue weighted by Gasteiger charge is -2.34. The predicted molar refractivity (Wildman–Crippen MR) is 122 cm³/mol. The number of piperidine rings is 1. The highest BCUT2D eigenvalue weighted by Crippen LogP contribution is 2.19. The van der Waals surface area contributed by atoms with Gasteiger partial charge in [-0.2, -0.15) is 5.26 Å². The Morgan fingerprint density at radius 1 is 1.11 bits per heavy atom. The van der Waals surface area contributed by atoms with Crippen LogP contribution in [0.1, 0.15) is 24.0 Å². The van der Waals surface area contributed by atoms with Gasteiger partial charge in [0.15, 0.2) is 5.96 Å². The van der Waals surface area contributed by atoms with Crippen LogP contribution in [0.25, 0.3) is 0 Å². The third kappa shape index (κ3) is 6.14. The Kier molecular flexibility index (Phi) is 8.40. The SMILES string of the molecule is CN=C(NCc1ccc(C#N)cc1)NC1CCN(c2ccccc2)CC1.I. The summed E-state index contributed by atoms with van der Waals surface area (Å²) in [5.74, 6) is 0.826. The van der Waals surface area contributed by atoms with Crippen LogP contribution in [0.5, 0.6) is 0 Å². The zero-order chi connectivity index (χ0) is 18.2. The summed E-state index contributed by atoms with van der Waals surface area (Å²) in [6.45, 7) is 2.79. The molecule has 1 heterocycles. The molecule has 27 heavy (non-hydrogen) atoms. The molecule has 0 aliphatic carbocycles. The fourth-order valence-electron chi connectivity index (χ4n) is 3.19. The van der Waals surface area contributed by atoms with E-state index in [4.69, 9.17) is 5.26 Å². The Bertz CT molecular complexity index is 759. The van der Waals surface area contributed by atoms with Crippen LogP contribution in [0, 0.1) is 11.3 Å². The first-order chi connectivity index (χ1) is 12.8. The summed E-state index contributed by atoms with van der Waals surface area (Å²) >= 11 is 0. The van der Waals surface area contributed by atoms with E-state index in [1.54, 1.807) is 7.05 Å². The Morgan fingerprint density at radius 3 is 2.37 bits per heavy atom. The molecule has 2 aromatic carbocycles. The Morgan fingerprint density at radius 2 is 1.78 bits per heavy atom. The molecule has 1 fully saturated rings. The van der Waals surface area contributed by atoms with Crippen LogP contribution in [-0.2, 0) is 6.54 Å². The molecule has 0 unspecified atom stereocenters. The molecule has 1 saturated heterocycles. The summed E-state index contributed by atoms with van der Waals surface area (Å²) in [6.07, 6.45) is 2.18. The lowest BCUT2D eigenvalue weighted by Crippen LogP contribution is -2.48. The number of nitriles is 1. The number of benzene rings is 2. The van der Waals surface area contributed by atoms with E-state index in [0.717, 1.165) is 37.5 Å². The quantitative estimate of drug-likeness (QED) is 0.404. The van der Waals surface area contributed by atoms with Crippen LogP contribution in [0.2, 0.25) is 0 Å². The van der Waals surface area contributed by atoms with Crippen LogP contribution in [-0.4, -0.2) is 32.1 Å². The number of nitrogens with zero attached hydrogens (tertiary/aromatic N) is 3. The van der Waals surface area contributed by atoms with Gasteiger partial charge < -0.3 is 15.5 Å². The summed E-state index contributed by atoms with van der Waals surface area (Å²) in [6, 6.07) is 20.8. The van der Waals surface area contributed by atoms with Crippen molar-refractivity contribution in [3.63, 3.8) is 0 Å². The van der Waals surface area contributed by atoms with E-state index in [0.29, 0.717) is 18.2 Å². The van der Waals surface area contributed by atoms with E-state index in [1.165, 1.54) is 5.69 Å². The molecule has 1 aliphatic heterocycles. The van der Waals surface area contributed by atoms with E-state index >= 15 is 0 Å². The summed E-state index contributed by atoms with van der Waals surface area (Å²) in [7, 11) is 1.80. The van der Waals surface area contributed by atoms with Crippen molar-refractivity contribution in [1.29, 1.82) is 5.26 Å². The number of anilines is 1. The van der Waals surface area contributed by atoms with E-state index < -0.39 is 0 Å². The van der Waals surface area contributed by atoms with Gasteiger partial charge in [0.1, 0.15) is 0 Å². The van der Waals surface area contributed by atoms with E-state index in [2.05, 4.69) is 56.9 Å². The van der Waals surface area contributed by atoms with E-state index in [9.17, 15) is 0 Å². The van der Waals surface area contributed by atoms with Crippen molar-refractivity contribution in [3.05, 3.63) is 65.7 Å². The number of aliphatic imine (C=N–C) groups is 1. The molecule has 142 valence electrons. The highest BCUT2D eigenvalue weighted by atomic mass is 127.